The summed E-state index contributed by atoms with van der Waals surface area (Å²) in [5.41, 5.74) is 0.589. The lowest BCUT2D eigenvalue weighted by atomic mass is 9.86. The molecule has 0 aromatic heterocycles. The Morgan fingerprint density at radius 2 is 1.77 bits per heavy atom. The summed E-state index contributed by atoms with van der Waals surface area (Å²) in [6.07, 6.45) is 5.86. The average Bonchev–Trinajstić information content (AvgIpc) is 3.50. The minimum atomic E-state index is -0.744. The molecule has 3 fully saturated rings. The van der Waals surface area contributed by atoms with E-state index in [1.807, 2.05) is 29.2 Å². The molecule has 8 heteroatoms. The maximum atomic E-state index is 13.5. The number of rotatable bonds is 5. The van der Waals surface area contributed by atoms with Gasteiger partial charge >= 0.3 is 6.03 Å². The van der Waals surface area contributed by atoms with Gasteiger partial charge in [0.15, 0.2) is 0 Å². The van der Waals surface area contributed by atoms with E-state index in [0.717, 1.165) is 44.2 Å². The number of piperidine rings is 1. The Labute approximate surface area is 205 Å². The van der Waals surface area contributed by atoms with Crippen LogP contribution in [0.5, 0.6) is 11.5 Å². The van der Waals surface area contributed by atoms with Crippen LogP contribution < -0.4 is 19.7 Å². The molecule has 1 spiro atoms. The van der Waals surface area contributed by atoms with E-state index in [-0.39, 0.29) is 18.0 Å². The fourth-order valence-electron chi connectivity index (χ4n) is 5.56. The number of nitrogens with zero attached hydrogens (tertiary/aromatic N) is 3. The van der Waals surface area contributed by atoms with Gasteiger partial charge in [0.05, 0.1) is 32.5 Å². The van der Waals surface area contributed by atoms with Gasteiger partial charge in [0.1, 0.15) is 22.9 Å². The Hall–Kier alpha value is -3.55. The molecule has 0 bridgehead atoms. The molecule has 1 aliphatic carbocycles. The van der Waals surface area contributed by atoms with Crippen LogP contribution in [0.25, 0.3) is 0 Å². The van der Waals surface area contributed by atoms with Crippen LogP contribution in [0, 0.1) is 0 Å². The van der Waals surface area contributed by atoms with Crippen LogP contribution in [0.1, 0.15) is 48.9 Å². The first-order valence-electron chi connectivity index (χ1n) is 12.3. The van der Waals surface area contributed by atoms with Crippen LogP contribution in [0.3, 0.4) is 0 Å². The fourth-order valence-corrected chi connectivity index (χ4v) is 5.56. The molecule has 2 saturated heterocycles. The van der Waals surface area contributed by atoms with E-state index in [1.165, 1.54) is 0 Å². The van der Waals surface area contributed by atoms with Crippen molar-refractivity contribution in [3.63, 3.8) is 0 Å². The lowest BCUT2D eigenvalue weighted by Crippen LogP contribution is -2.61. The lowest BCUT2D eigenvalue weighted by molar-refractivity contribution is 0.0686. The summed E-state index contributed by atoms with van der Waals surface area (Å²) in [5.74, 6) is 2.01. The van der Waals surface area contributed by atoms with E-state index in [2.05, 4.69) is 5.32 Å². The van der Waals surface area contributed by atoms with Crippen LogP contribution >= 0.6 is 0 Å². The smallest absolute Gasteiger partial charge is 0.328 e. The molecule has 5 rings (SSSR count). The molecule has 1 N–H and O–H groups in total. The topological polar surface area (TPSA) is 83.5 Å². The van der Waals surface area contributed by atoms with E-state index in [0.29, 0.717) is 36.0 Å². The van der Waals surface area contributed by atoms with E-state index < -0.39 is 5.54 Å². The number of urea groups is 1. The summed E-state index contributed by atoms with van der Waals surface area (Å²) in [4.78, 5) is 35.6. The van der Waals surface area contributed by atoms with Gasteiger partial charge < -0.3 is 14.4 Å². The van der Waals surface area contributed by atoms with Gasteiger partial charge in [0, 0.05) is 18.2 Å². The number of likely N-dealkylation sites (tertiary alicyclic amines) is 1. The van der Waals surface area contributed by atoms with E-state index in [1.54, 1.807) is 43.4 Å². The predicted molar refractivity (Wildman–Crippen MR) is 135 cm³/mol. The second-order valence-corrected chi connectivity index (χ2v) is 9.47. The monoisotopic (exact) mass is 476 g/mol. The van der Waals surface area contributed by atoms with E-state index in [4.69, 9.17) is 14.5 Å². The quantitative estimate of drug-likeness (QED) is 0.699. The highest BCUT2D eigenvalue weighted by Gasteiger charge is 2.54. The fraction of sp³-hybridized carbons (Fsp3) is 0.444. The second kappa shape index (κ2) is 9.60. The van der Waals surface area contributed by atoms with Crippen LogP contribution in [0.15, 0.2) is 53.5 Å². The van der Waals surface area contributed by atoms with Gasteiger partial charge in [-0.3, -0.25) is 20.0 Å². The number of carbonyl (C=O) groups excluding carboxylic acids is 2. The number of methoxy groups -OCH3 is 2. The summed E-state index contributed by atoms with van der Waals surface area (Å²) >= 11 is 0. The Bertz CT molecular complexity index is 1130. The molecule has 3 amide bonds. The van der Waals surface area contributed by atoms with Gasteiger partial charge in [-0.15, -0.1) is 0 Å². The number of nitrogens with one attached hydrogen (secondary N) is 1. The van der Waals surface area contributed by atoms with Crippen molar-refractivity contribution in [3.8, 4) is 11.5 Å². The summed E-state index contributed by atoms with van der Waals surface area (Å²) in [7, 11) is 3.22. The van der Waals surface area contributed by atoms with Gasteiger partial charge in [-0.25, -0.2) is 4.79 Å². The maximum Gasteiger partial charge on any atom is 0.328 e. The number of carbonyl (C=O) groups is 2. The van der Waals surface area contributed by atoms with Gasteiger partial charge in [-0.1, -0.05) is 18.9 Å². The molecule has 8 nitrogen and oxygen atoms in total. The molecule has 0 radical (unpaired) electrons. The molecule has 184 valence electrons. The van der Waals surface area contributed by atoms with Crippen LogP contribution in [-0.4, -0.2) is 61.6 Å². The first-order valence-corrected chi connectivity index (χ1v) is 12.3. The summed E-state index contributed by atoms with van der Waals surface area (Å²) in [5, 5.41) is 3.08. The highest BCUT2D eigenvalue weighted by atomic mass is 16.5. The third-order valence-electron chi connectivity index (χ3n) is 7.34. The number of amidine groups is 1. The number of ether oxygens (including phenoxy) is 2. The van der Waals surface area contributed by atoms with E-state index in [9.17, 15) is 9.59 Å². The van der Waals surface area contributed by atoms with E-state index >= 15 is 0 Å². The van der Waals surface area contributed by atoms with Crippen molar-refractivity contribution < 1.29 is 19.1 Å². The summed E-state index contributed by atoms with van der Waals surface area (Å²) in [6.45, 7) is 1.00. The van der Waals surface area contributed by atoms with Crippen molar-refractivity contribution in [2.75, 3.05) is 32.2 Å². The minimum Gasteiger partial charge on any atom is -0.497 e. The highest BCUT2D eigenvalue weighted by Crippen LogP contribution is 2.39. The first-order chi connectivity index (χ1) is 17.0. The molecule has 3 aliphatic rings. The molecular formula is C27H32N4O4. The van der Waals surface area contributed by atoms with Gasteiger partial charge in [0.2, 0.25) is 0 Å². The molecule has 2 heterocycles. The number of hydrogen-bond acceptors (Lipinski definition) is 5. The lowest BCUT2D eigenvalue weighted by Gasteiger charge is -2.44. The molecule has 2 aromatic rings. The Morgan fingerprint density at radius 3 is 2.49 bits per heavy atom. The van der Waals surface area contributed by atoms with Crippen LogP contribution in [-0.2, 0) is 0 Å². The van der Waals surface area contributed by atoms with Crippen LogP contribution in [0.4, 0.5) is 10.5 Å². The van der Waals surface area contributed by atoms with Gasteiger partial charge in [0.25, 0.3) is 5.91 Å². The average molecular weight is 477 g/mol. The van der Waals surface area contributed by atoms with Gasteiger partial charge in [-0.2, -0.15) is 0 Å². The summed E-state index contributed by atoms with van der Waals surface area (Å²) in [6, 6.07) is 14.7. The van der Waals surface area contributed by atoms with Crippen molar-refractivity contribution in [1.82, 2.24) is 10.2 Å². The largest absolute Gasteiger partial charge is 0.497 e. The normalized spacial score (nSPS) is 23.7. The summed E-state index contributed by atoms with van der Waals surface area (Å²) < 4.78 is 10.7. The third-order valence-corrected chi connectivity index (χ3v) is 7.34. The van der Waals surface area contributed by atoms with Crippen molar-refractivity contribution in [2.45, 2.75) is 50.1 Å². The minimum absolute atomic E-state index is 0.0584. The molecule has 2 aromatic carbocycles. The molecule has 1 saturated carbocycles. The van der Waals surface area contributed by atoms with Crippen molar-refractivity contribution in [2.24, 2.45) is 4.99 Å². The Balaban J connectivity index is 1.53. The zero-order chi connectivity index (χ0) is 24.4. The maximum absolute atomic E-state index is 13.5. The first kappa shape index (κ1) is 23.2. The number of amides is 3. The number of hydrogen-bond donors (Lipinski definition) is 1. The Morgan fingerprint density at radius 1 is 1.03 bits per heavy atom. The van der Waals surface area contributed by atoms with Gasteiger partial charge in [-0.05, 0) is 62.1 Å². The molecular weight excluding hydrogens is 444 g/mol. The SMILES string of the molecule is COc1ccc(C(=O)N2CCCC3(C2)C(=NC2CCCC2)NC(=O)N3c2cccc(OC)c2)cc1. The standard InChI is InChI=1S/C27H32N4O4/c1-34-22-13-11-19(12-14-22)24(32)30-16-6-15-27(18-30)25(28-20-7-3-4-8-20)29-26(33)31(27)21-9-5-10-23(17-21)35-2/h5,9-14,17,20H,3-4,6-8,15-16,18H2,1-2H3,(H,28,29,33). The predicted octanol–water partition coefficient (Wildman–Crippen LogP) is 4.25. The molecule has 1 unspecified atom stereocenters. The molecule has 2 aliphatic heterocycles. The second-order valence-electron chi connectivity index (χ2n) is 9.47. The number of aliphatic imine (C=N–C) groups is 1. The molecule has 35 heavy (non-hydrogen) atoms. The highest BCUT2D eigenvalue weighted by molar-refractivity contribution is 6.19. The Kier molecular flexibility index (Phi) is 6.36. The third kappa shape index (κ3) is 4.33. The zero-order valence-corrected chi connectivity index (χ0v) is 20.3. The zero-order valence-electron chi connectivity index (χ0n) is 20.3. The van der Waals surface area contributed by atoms with Crippen molar-refractivity contribution >= 4 is 23.5 Å². The van der Waals surface area contributed by atoms with Crippen molar-refractivity contribution in [3.05, 3.63) is 54.1 Å². The van der Waals surface area contributed by atoms with Crippen molar-refractivity contribution in [1.29, 1.82) is 0 Å². The number of benzene rings is 2. The molecule has 1 atom stereocenters. The van der Waals surface area contributed by atoms with Crippen LogP contribution in [0.2, 0.25) is 0 Å². The number of anilines is 1.